The molecule has 6 heteroatoms. The Kier molecular flexibility index (Phi) is 2.40. The molecule has 3 rings (SSSR count). The standard InChI is InChI=1S/C12H10N2O4/c15-12(16)11-10-8(6-17-11)14-5-9(18-10)7-1-3-13-4-2-7/h1-4,6,9,14H,5H2,(H,15,16). The number of carboxylic acids is 1. The maximum Gasteiger partial charge on any atom is 0.375 e. The van der Waals surface area contributed by atoms with Crippen molar-refractivity contribution in [2.75, 3.05) is 11.9 Å². The van der Waals surface area contributed by atoms with Gasteiger partial charge < -0.3 is 19.6 Å². The van der Waals surface area contributed by atoms with Crippen LogP contribution in [-0.4, -0.2) is 22.6 Å². The Labute approximate surface area is 102 Å². The molecule has 92 valence electrons. The van der Waals surface area contributed by atoms with Crippen molar-refractivity contribution in [2.45, 2.75) is 6.10 Å². The fraction of sp³-hybridized carbons (Fsp3) is 0.167. The van der Waals surface area contributed by atoms with E-state index in [1.165, 1.54) is 6.26 Å². The van der Waals surface area contributed by atoms with Crippen molar-refractivity contribution in [1.82, 2.24) is 4.98 Å². The lowest BCUT2D eigenvalue weighted by Crippen LogP contribution is -2.23. The molecule has 0 saturated carbocycles. The molecule has 6 nitrogen and oxygen atoms in total. The summed E-state index contributed by atoms with van der Waals surface area (Å²) in [4.78, 5) is 14.9. The quantitative estimate of drug-likeness (QED) is 0.842. The average molecular weight is 246 g/mol. The average Bonchev–Trinajstić information content (AvgIpc) is 2.82. The number of carboxylic acid groups (broad SMARTS) is 1. The van der Waals surface area contributed by atoms with Crippen LogP contribution in [0.3, 0.4) is 0 Å². The van der Waals surface area contributed by atoms with E-state index >= 15 is 0 Å². The van der Waals surface area contributed by atoms with E-state index in [9.17, 15) is 4.79 Å². The van der Waals surface area contributed by atoms with Gasteiger partial charge in [0.1, 0.15) is 18.1 Å². The second-order valence-corrected chi connectivity index (χ2v) is 3.88. The van der Waals surface area contributed by atoms with Crippen LogP contribution in [0.15, 0.2) is 35.2 Å². The first-order valence-electron chi connectivity index (χ1n) is 5.41. The number of nitrogens with zero attached hydrogens (tertiary/aromatic N) is 1. The summed E-state index contributed by atoms with van der Waals surface area (Å²) in [5, 5.41) is 12.1. The predicted molar refractivity (Wildman–Crippen MR) is 61.8 cm³/mol. The third kappa shape index (κ3) is 1.67. The van der Waals surface area contributed by atoms with Gasteiger partial charge in [-0.3, -0.25) is 4.98 Å². The summed E-state index contributed by atoms with van der Waals surface area (Å²) in [6.45, 7) is 0.551. The minimum atomic E-state index is -1.14. The minimum Gasteiger partial charge on any atom is -0.477 e. The number of aromatic nitrogens is 1. The zero-order valence-electron chi connectivity index (χ0n) is 9.29. The van der Waals surface area contributed by atoms with E-state index < -0.39 is 5.97 Å². The number of carbonyl (C=O) groups is 1. The van der Waals surface area contributed by atoms with Crippen molar-refractivity contribution >= 4 is 11.7 Å². The Morgan fingerprint density at radius 2 is 2.22 bits per heavy atom. The van der Waals surface area contributed by atoms with Gasteiger partial charge >= 0.3 is 5.97 Å². The topological polar surface area (TPSA) is 84.6 Å². The second kappa shape index (κ2) is 4.06. The molecule has 0 radical (unpaired) electrons. The van der Waals surface area contributed by atoms with Gasteiger partial charge in [-0.1, -0.05) is 0 Å². The van der Waals surface area contributed by atoms with Gasteiger partial charge in [0.15, 0.2) is 5.75 Å². The van der Waals surface area contributed by atoms with Crippen LogP contribution in [0.25, 0.3) is 0 Å². The van der Waals surface area contributed by atoms with E-state index in [0.717, 1.165) is 5.56 Å². The molecule has 2 aromatic heterocycles. The molecule has 1 aliphatic heterocycles. The molecule has 0 spiro atoms. The van der Waals surface area contributed by atoms with Crippen molar-refractivity contribution in [1.29, 1.82) is 0 Å². The molecule has 1 aliphatic rings. The summed E-state index contributed by atoms with van der Waals surface area (Å²) in [6, 6.07) is 3.66. The van der Waals surface area contributed by atoms with Gasteiger partial charge in [-0.2, -0.15) is 0 Å². The second-order valence-electron chi connectivity index (χ2n) is 3.88. The van der Waals surface area contributed by atoms with Gasteiger partial charge in [-0.25, -0.2) is 4.79 Å². The van der Waals surface area contributed by atoms with Crippen LogP contribution in [0.1, 0.15) is 22.2 Å². The molecule has 2 N–H and O–H groups in total. The summed E-state index contributed by atoms with van der Waals surface area (Å²) in [6.07, 6.45) is 4.43. The molecule has 0 aromatic carbocycles. The van der Waals surface area contributed by atoms with Crippen LogP contribution in [0.4, 0.5) is 5.69 Å². The Balaban J connectivity index is 1.93. The van der Waals surface area contributed by atoms with Crippen LogP contribution in [0.2, 0.25) is 0 Å². The van der Waals surface area contributed by atoms with E-state index in [0.29, 0.717) is 12.2 Å². The first-order valence-corrected chi connectivity index (χ1v) is 5.41. The number of hydrogen-bond donors (Lipinski definition) is 2. The lowest BCUT2D eigenvalue weighted by molar-refractivity contribution is 0.0651. The molecular weight excluding hydrogens is 236 g/mol. The van der Waals surface area contributed by atoms with E-state index in [4.69, 9.17) is 14.3 Å². The van der Waals surface area contributed by atoms with E-state index in [1.54, 1.807) is 12.4 Å². The molecule has 0 bridgehead atoms. The van der Waals surface area contributed by atoms with Crippen LogP contribution in [-0.2, 0) is 0 Å². The normalized spacial score (nSPS) is 17.4. The Morgan fingerprint density at radius 3 is 2.94 bits per heavy atom. The molecule has 0 amide bonds. The van der Waals surface area contributed by atoms with Crippen molar-refractivity contribution < 1.29 is 19.1 Å². The summed E-state index contributed by atoms with van der Waals surface area (Å²) in [7, 11) is 0. The highest BCUT2D eigenvalue weighted by atomic mass is 16.5. The maximum absolute atomic E-state index is 11.0. The molecule has 0 fully saturated rings. The van der Waals surface area contributed by atoms with E-state index in [-0.39, 0.29) is 17.6 Å². The summed E-state index contributed by atoms with van der Waals surface area (Å²) in [5.74, 6) is -1.08. The number of ether oxygens (including phenoxy) is 1. The maximum atomic E-state index is 11.0. The van der Waals surface area contributed by atoms with E-state index in [2.05, 4.69) is 10.3 Å². The fourth-order valence-electron chi connectivity index (χ4n) is 1.88. The van der Waals surface area contributed by atoms with Crippen LogP contribution in [0, 0.1) is 0 Å². The first kappa shape index (κ1) is 10.6. The molecular formula is C12H10N2O4. The molecule has 3 heterocycles. The highest BCUT2D eigenvalue weighted by molar-refractivity contribution is 5.90. The van der Waals surface area contributed by atoms with Crippen LogP contribution < -0.4 is 10.1 Å². The van der Waals surface area contributed by atoms with Crippen molar-refractivity contribution in [2.24, 2.45) is 0 Å². The number of aromatic carboxylic acids is 1. The van der Waals surface area contributed by atoms with E-state index in [1.807, 2.05) is 12.1 Å². The lowest BCUT2D eigenvalue weighted by Gasteiger charge is -2.25. The van der Waals surface area contributed by atoms with Gasteiger partial charge in [0.05, 0.1) is 6.54 Å². The molecule has 18 heavy (non-hydrogen) atoms. The van der Waals surface area contributed by atoms with Gasteiger partial charge in [0.2, 0.25) is 0 Å². The molecule has 1 atom stereocenters. The third-order valence-corrected chi connectivity index (χ3v) is 2.76. The first-order chi connectivity index (χ1) is 8.75. The molecule has 2 aromatic rings. The number of furan rings is 1. The van der Waals surface area contributed by atoms with Gasteiger partial charge in [-0.05, 0) is 17.7 Å². The third-order valence-electron chi connectivity index (χ3n) is 2.76. The number of nitrogens with one attached hydrogen (secondary N) is 1. The van der Waals surface area contributed by atoms with Crippen LogP contribution >= 0.6 is 0 Å². The van der Waals surface area contributed by atoms with Gasteiger partial charge in [-0.15, -0.1) is 0 Å². The number of hydrogen-bond acceptors (Lipinski definition) is 5. The largest absolute Gasteiger partial charge is 0.477 e. The molecule has 0 saturated heterocycles. The number of fused-ring (bicyclic) bond motifs is 1. The smallest absolute Gasteiger partial charge is 0.375 e. The highest BCUT2D eigenvalue weighted by Crippen LogP contribution is 2.38. The Morgan fingerprint density at radius 1 is 1.44 bits per heavy atom. The van der Waals surface area contributed by atoms with Crippen molar-refractivity contribution in [3.05, 3.63) is 42.1 Å². The Bertz CT molecular complexity index is 579. The predicted octanol–water partition coefficient (Wildman–Crippen LogP) is 1.92. The fourth-order valence-corrected chi connectivity index (χ4v) is 1.88. The zero-order valence-corrected chi connectivity index (χ0v) is 9.29. The minimum absolute atomic E-state index is 0.184. The highest BCUT2D eigenvalue weighted by Gasteiger charge is 2.29. The number of anilines is 1. The number of pyridine rings is 1. The summed E-state index contributed by atoms with van der Waals surface area (Å²) >= 11 is 0. The molecule has 1 unspecified atom stereocenters. The van der Waals surface area contributed by atoms with Crippen LogP contribution in [0.5, 0.6) is 5.75 Å². The Hall–Kier alpha value is -2.50. The summed E-state index contributed by atoms with van der Waals surface area (Å²) in [5.41, 5.74) is 1.50. The van der Waals surface area contributed by atoms with Crippen molar-refractivity contribution in [3.8, 4) is 5.75 Å². The molecule has 0 aliphatic carbocycles. The lowest BCUT2D eigenvalue weighted by atomic mass is 10.1. The monoisotopic (exact) mass is 246 g/mol. The zero-order chi connectivity index (χ0) is 12.5. The van der Waals surface area contributed by atoms with Crippen molar-refractivity contribution in [3.63, 3.8) is 0 Å². The van der Waals surface area contributed by atoms with Gasteiger partial charge in [0.25, 0.3) is 5.76 Å². The SMILES string of the molecule is O=C(O)c1occ2c1OC(c1ccncc1)CN2. The summed E-state index contributed by atoms with van der Waals surface area (Å²) < 4.78 is 10.6. The number of rotatable bonds is 2. The van der Waals surface area contributed by atoms with Gasteiger partial charge in [0, 0.05) is 12.4 Å².